The number of rotatable bonds is 4. The molecule has 19 heavy (non-hydrogen) atoms. The number of likely N-dealkylation sites (tertiary alicyclic amines) is 1. The van der Waals surface area contributed by atoms with Gasteiger partial charge in [-0.1, -0.05) is 0 Å². The van der Waals surface area contributed by atoms with E-state index < -0.39 is 0 Å². The Morgan fingerprint density at radius 3 is 2.84 bits per heavy atom. The first-order valence-corrected chi connectivity index (χ1v) is 7.24. The molecule has 0 bridgehead atoms. The summed E-state index contributed by atoms with van der Waals surface area (Å²) in [7, 11) is 2.01. The standard InChI is InChI=1S/C14H27N5/c1-14(2,3)15-8-12-6-5-7-19(9-12)10-13-17-16-11-18(13)4/h11-12,15H,5-10H2,1-4H3. The fourth-order valence-electron chi connectivity index (χ4n) is 2.56. The summed E-state index contributed by atoms with van der Waals surface area (Å²) in [6.45, 7) is 11.1. The Morgan fingerprint density at radius 1 is 1.42 bits per heavy atom. The van der Waals surface area contributed by atoms with E-state index in [1.165, 1.54) is 19.4 Å². The fraction of sp³-hybridized carbons (Fsp3) is 0.857. The quantitative estimate of drug-likeness (QED) is 0.894. The maximum atomic E-state index is 4.18. The minimum atomic E-state index is 0.214. The second kappa shape index (κ2) is 6.01. The van der Waals surface area contributed by atoms with Crippen LogP contribution >= 0.6 is 0 Å². The number of aryl methyl sites for hydroxylation is 1. The summed E-state index contributed by atoms with van der Waals surface area (Å²) in [5, 5.41) is 11.7. The van der Waals surface area contributed by atoms with Crippen LogP contribution in [-0.2, 0) is 13.6 Å². The van der Waals surface area contributed by atoms with Crippen LogP contribution < -0.4 is 5.32 Å². The van der Waals surface area contributed by atoms with E-state index in [0.29, 0.717) is 0 Å². The van der Waals surface area contributed by atoms with Crippen LogP contribution in [0.25, 0.3) is 0 Å². The molecule has 1 fully saturated rings. The van der Waals surface area contributed by atoms with Gasteiger partial charge in [0.1, 0.15) is 12.2 Å². The van der Waals surface area contributed by atoms with Gasteiger partial charge >= 0.3 is 0 Å². The number of piperidine rings is 1. The molecule has 0 saturated carbocycles. The zero-order valence-corrected chi connectivity index (χ0v) is 12.7. The maximum Gasteiger partial charge on any atom is 0.146 e. The van der Waals surface area contributed by atoms with E-state index in [2.05, 4.69) is 41.2 Å². The Kier molecular flexibility index (Phi) is 4.58. The van der Waals surface area contributed by atoms with Crippen LogP contribution in [0.5, 0.6) is 0 Å². The molecule has 5 nitrogen and oxygen atoms in total. The molecular formula is C14H27N5. The third-order valence-electron chi connectivity index (χ3n) is 3.69. The predicted molar refractivity (Wildman–Crippen MR) is 76.8 cm³/mol. The van der Waals surface area contributed by atoms with Crippen molar-refractivity contribution >= 4 is 0 Å². The summed E-state index contributed by atoms with van der Waals surface area (Å²) in [4.78, 5) is 2.50. The molecule has 1 unspecified atom stereocenters. The predicted octanol–water partition coefficient (Wildman–Crippen LogP) is 1.42. The molecule has 0 radical (unpaired) electrons. The van der Waals surface area contributed by atoms with Gasteiger partial charge in [0.05, 0.1) is 6.54 Å². The Labute approximate surface area is 116 Å². The molecule has 1 saturated heterocycles. The molecule has 2 rings (SSSR count). The zero-order chi connectivity index (χ0) is 13.9. The third kappa shape index (κ3) is 4.58. The van der Waals surface area contributed by atoms with Gasteiger partial charge in [-0.3, -0.25) is 4.90 Å². The van der Waals surface area contributed by atoms with E-state index in [1.54, 1.807) is 6.33 Å². The number of hydrogen-bond donors (Lipinski definition) is 1. The second-order valence-electron chi connectivity index (χ2n) is 6.73. The van der Waals surface area contributed by atoms with Gasteiger partial charge < -0.3 is 9.88 Å². The van der Waals surface area contributed by atoms with Gasteiger partial charge in [0, 0.05) is 19.1 Å². The summed E-state index contributed by atoms with van der Waals surface area (Å²) in [5.41, 5.74) is 0.214. The maximum absolute atomic E-state index is 4.18. The first-order chi connectivity index (χ1) is 8.94. The van der Waals surface area contributed by atoms with Crippen molar-refractivity contribution in [2.75, 3.05) is 19.6 Å². The minimum Gasteiger partial charge on any atom is -0.320 e. The van der Waals surface area contributed by atoms with Crippen molar-refractivity contribution in [2.45, 2.75) is 45.7 Å². The van der Waals surface area contributed by atoms with Gasteiger partial charge in [0.2, 0.25) is 0 Å². The van der Waals surface area contributed by atoms with Crippen LogP contribution in [0.15, 0.2) is 6.33 Å². The topological polar surface area (TPSA) is 46.0 Å². The minimum absolute atomic E-state index is 0.214. The highest BCUT2D eigenvalue weighted by Gasteiger charge is 2.22. The molecule has 108 valence electrons. The highest BCUT2D eigenvalue weighted by molar-refractivity contribution is 4.86. The van der Waals surface area contributed by atoms with E-state index in [1.807, 2.05) is 11.6 Å². The first kappa shape index (κ1) is 14.5. The van der Waals surface area contributed by atoms with Crippen LogP contribution in [-0.4, -0.2) is 44.8 Å². The average molecular weight is 265 g/mol. The summed E-state index contributed by atoms with van der Waals surface area (Å²) in [5.74, 6) is 1.81. The summed E-state index contributed by atoms with van der Waals surface area (Å²) in [6.07, 6.45) is 4.39. The van der Waals surface area contributed by atoms with Gasteiger partial charge in [0.15, 0.2) is 0 Å². The molecule has 1 aromatic rings. The monoisotopic (exact) mass is 265 g/mol. The number of nitrogens with one attached hydrogen (secondary N) is 1. The Bertz CT molecular complexity index is 393. The average Bonchev–Trinajstić information content (AvgIpc) is 2.72. The molecule has 1 N–H and O–H groups in total. The smallest absolute Gasteiger partial charge is 0.146 e. The molecule has 1 atom stereocenters. The Morgan fingerprint density at radius 2 is 2.21 bits per heavy atom. The molecular weight excluding hydrogens is 238 g/mol. The molecule has 0 amide bonds. The van der Waals surface area contributed by atoms with Crippen LogP contribution in [0.3, 0.4) is 0 Å². The highest BCUT2D eigenvalue weighted by Crippen LogP contribution is 2.18. The number of hydrogen-bond acceptors (Lipinski definition) is 4. The van der Waals surface area contributed by atoms with Crippen molar-refractivity contribution in [3.63, 3.8) is 0 Å². The zero-order valence-electron chi connectivity index (χ0n) is 12.7. The molecule has 1 aliphatic rings. The lowest BCUT2D eigenvalue weighted by atomic mass is 9.96. The fourth-order valence-corrected chi connectivity index (χ4v) is 2.56. The lowest BCUT2D eigenvalue weighted by Gasteiger charge is -2.34. The van der Waals surface area contributed by atoms with Gasteiger partial charge in [-0.05, 0) is 52.6 Å². The van der Waals surface area contributed by atoms with Crippen molar-refractivity contribution in [1.82, 2.24) is 25.0 Å². The van der Waals surface area contributed by atoms with Crippen molar-refractivity contribution in [3.8, 4) is 0 Å². The van der Waals surface area contributed by atoms with E-state index in [-0.39, 0.29) is 5.54 Å². The van der Waals surface area contributed by atoms with Crippen molar-refractivity contribution in [3.05, 3.63) is 12.2 Å². The molecule has 0 spiro atoms. The highest BCUT2D eigenvalue weighted by atomic mass is 15.3. The SMILES string of the molecule is Cn1cnnc1CN1CCCC(CNC(C)(C)C)C1. The Hall–Kier alpha value is -0.940. The third-order valence-corrected chi connectivity index (χ3v) is 3.69. The largest absolute Gasteiger partial charge is 0.320 e. The number of aromatic nitrogens is 3. The molecule has 2 heterocycles. The second-order valence-corrected chi connectivity index (χ2v) is 6.73. The van der Waals surface area contributed by atoms with Crippen molar-refractivity contribution < 1.29 is 0 Å². The van der Waals surface area contributed by atoms with Gasteiger partial charge in [0.25, 0.3) is 0 Å². The summed E-state index contributed by atoms with van der Waals surface area (Å²) >= 11 is 0. The molecule has 0 aromatic carbocycles. The molecule has 1 aromatic heterocycles. The van der Waals surface area contributed by atoms with E-state index >= 15 is 0 Å². The summed E-state index contributed by atoms with van der Waals surface area (Å²) < 4.78 is 2.01. The molecule has 0 aliphatic carbocycles. The van der Waals surface area contributed by atoms with Crippen molar-refractivity contribution in [2.24, 2.45) is 13.0 Å². The Balaban J connectivity index is 1.82. The lowest BCUT2D eigenvalue weighted by Crippen LogP contribution is -2.44. The molecule has 1 aliphatic heterocycles. The lowest BCUT2D eigenvalue weighted by molar-refractivity contribution is 0.155. The van der Waals surface area contributed by atoms with Crippen molar-refractivity contribution in [1.29, 1.82) is 0 Å². The normalized spacial score (nSPS) is 21.8. The summed E-state index contributed by atoms with van der Waals surface area (Å²) in [6, 6.07) is 0. The van der Waals surface area contributed by atoms with Gasteiger partial charge in [-0.15, -0.1) is 10.2 Å². The van der Waals surface area contributed by atoms with Crippen LogP contribution in [0.4, 0.5) is 0 Å². The first-order valence-electron chi connectivity index (χ1n) is 7.24. The van der Waals surface area contributed by atoms with E-state index in [0.717, 1.165) is 31.4 Å². The number of nitrogens with zero attached hydrogens (tertiary/aromatic N) is 4. The van der Waals surface area contributed by atoms with E-state index in [4.69, 9.17) is 0 Å². The molecule has 5 heteroatoms. The van der Waals surface area contributed by atoms with Gasteiger partial charge in [-0.25, -0.2) is 0 Å². The van der Waals surface area contributed by atoms with Crippen LogP contribution in [0, 0.1) is 5.92 Å². The van der Waals surface area contributed by atoms with Crippen LogP contribution in [0.1, 0.15) is 39.4 Å². The van der Waals surface area contributed by atoms with Gasteiger partial charge in [-0.2, -0.15) is 0 Å². The van der Waals surface area contributed by atoms with E-state index in [9.17, 15) is 0 Å². The van der Waals surface area contributed by atoms with Crippen LogP contribution in [0.2, 0.25) is 0 Å².